The standard InChI is InChI=1S/C25H27N2.HI/c1-5-27-18-17-19(20-12-6-8-14-22(20)27)11-10-16-24-25(2,3)21-13-7-9-15-23(21)26(24)4;/h6-18H,5H2,1-4H3;1H/q+1;/p-1. The second-order valence-corrected chi connectivity index (χ2v) is 7.69. The number of fused-ring (bicyclic) bond motifs is 2. The quantitative estimate of drug-likeness (QED) is 0.411. The molecule has 2 nitrogen and oxygen atoms in total. The van der Waals surface area contributed by atoms with Gasteiger partial charge in [0.2, 0.25) is 5.52 Å². The molecule has 2 aromatic carbocycles. The molecule has 28 heavy (non-hydrogen) atoms. The predicted molar refractivity (Wildman–Crippen MR) is 115 cm³/mol. The molecule has 0 atom stereocenters. The van der Waals surface area contributed by atoms with E-state index in [9.17, 15) is 0 Å². The Morgan fingerprint density at radius 2 is 1.71 bits per heavy atom. The molecule has 0 aliphatic carbocycles. The monoisotopic (exact) mass is 482 g/mol. The van der Waals surface area contributed by atoms with E-state index >= 15 is 0 Å². The molecule has 1 aliphatic rings. The average molecular weight is 482 g/mol. The molecule has 4 rings (SSSR count). The molecule has 0 saturated heterocycles. The maximum absolute atomic E-state index is 2.31. The molecule has 3 aromatic rings. The topological polar surface area (TPSA) is 7.12 Å². The maximum atomic E-state index is 2.31. The molecule has 1 aromatic heterocycles. The molecule has 144 valence electrons. The summed E-state index contributed by atoms with van der Waals surface area (Å²) in [5.41, 5.74) is 6.56. The lowest BCUT2D eigenvalue weighted by atomic mass is 9.84. The summed E-state index contributed by atoms with van der Waals surface area (Å²) >= 11 is 0. The van der Waals surface area contributed by atoms with Crippen molar-refractivity contribution >= 4 is 22.7 Å². The van der Waals surface area contributed by atoms with E-state index in [2.05, 4.69) is 116 Å². The fourth-order valence-corrected chi connectivity index (χ4v) is 4.27. The summed E-state index contributed by atoms with van der Waals surface area (Å²) in [5.74, 6) is 0. The van der Waals surface area contributed by atoms with Crippen molar-refractivity contribution in [2.75, 3.05) is 11.9 Å². The van der Waals surface area contributed by atoms with Crippen LogP contribution >= 0.6 is 0 Å². The van der Waals surface area contributed by atoms with Crippen molar-refractivity contribution in [2.24, 2.45) is 0 Å². The van der Waals surface area contributed by atoms with Crippen molar-refractivity contribution in [2.45, 2.75) is 32.7 Å². The minimum atomic E-state index is 0. The maximum Gasteiger partial charge on any atom is 0.213 e. The predicted octanol–water partition coefficient (Wildman–Crippen LogP) is 2.48. The molecule has 0 radical (unpaired) electrons. The number of likely N-dealkylation sites (N-methyl/N-ethyl adjacent to an activating group) is 1. The van der Waals surface area contributed by atoms with E-state index in [-0.39, 0.29) is 29.4 Å². The Morgan fingerprint density at radius 1 is 1.00 bits per heavy atom. The zero-order chi connectivity index (χ0) is 19.0. The zero-order valence-corrected chi connectivity index (χ0v) is 19.1. The Bertz CT molecular complexity index is 1060. The van der Waals surface area contributed by atoms with Gasteiger partial charge in [-0.15, -0.1) is 0 Å². The second kappa shape index (κ2) is 8.08. The Kier molecular flexibility index (Phi) is 5.94. The van der Waals surface area contributed by atoms with Crippen molar-refractivity contribution < 1.29 is 28.5 Å². The summed E-state index contributed by atoms with van der Waals surface area (Å²) in [6.07, 6.45) is 8.85. The molecule has 0 saturated carbocycles. The van der Waals surface area contributed by atoms with Gasteiger partial charge in [-0.05, 0) is 36.3 Å². The Labute approximate surface area is 185 Å². The van der Waals surface area contributed by atoms with Crippen LogP contribution in [0.4, 0.5) is 5.69 Å². The number of pyridine rings is 1. The Balaban J connectivity index is 0.00000225. The number of aromatic nitrogens is 1. The first kappa shape index (κ1) is 20.6. The van der Waals surface area contributed by atoms with Crippen LogP contribution in [0.5, 0.6) is 0 Å². The molecule has 0 unspecified atom stereocenters. The number of rotatable bonds is 3. The molecular weight excluding hydrogens is 455 g/mol. The van der Waals surface area contributed by atoms with Gasteiger partial charge in [-0.3, -0.25) is 0 Å². The van der Waals surface area contributed by atoms with E-state index < -0.39 is 0 Å². The van der Waals surface area contributed by atoms with E-state index in [0.29, 0.717) is 0 Å². The summed E-state index contributed by atoms with van der Waals surface area (Å²) in [4.78, 5) is 2.31. The first-order valence-corrected chi connectivity index (χ1v) is 9.67. The van der Waals surface area contributed by atoms with Gasteiger partial charge in [0.1, 0.15) is 6.54 Å². The van der Waals surface area contributed by atoms with Crippen LogP contribution in [-0.2, 0) is 12.0 Å². The highest BCUT2D eigenvalue weighted by atomic mass is 127. The first-order valence-electron chi connectivity index (χ1n) is 9.67. The number of benzene rings is 2. The van der Waals surface area contributed by atoms with Crippen LogP contribution in [0.1, 0.15) is 31.9 Å². The van der Waals surface area contributed by atoms with Crippen LogP contribution in [0.3, 0.4) is 0 Å². The van der Waals surface area contributed by atoms with Crippen molar-refractivity contribution in [3.63, 3.8) is 0 Å². The Hall–Kier alpha value is -2.14. The normalized spacial score (nSPS) is 16.6. The van der Waals surface area contributed by atoms with Crippen molar-refractivity contribution in [1.29, 1.82) is 0 Å². The highest BCUT2D eigenvalue weighted by molar-refractivity contribution is 5.85. The van der Waals surface area contributed by atoms with Crippen LogP contribution in [0.2, 0.25) is 0 Å². The number of hydrogen-bond donors (Lipinski definition) is 0. The third kappa shape index (κ3) is 3.37. The number of anilines is 1. The molecular formula is C25H27IN2. The zero-order valence-electron chi connectivity index (χ0n) is 17.0. The molecule has 0 bridgehead atoms. The summed E-state index contributed by atoms with van der Waals surface area (Å²) < 4.78 is 2.29. The van der Waals surface area contributed by atoms with Crippen molar-refractivity contribution in [3.05, 3.63) is 89.8 Å². The van der Waals surface area contributed by atoms with Crippen molar-refractivity contribution in [3.8, 4) is 0 Å². The first-order chi connectivity index (χ1) is 13.0. The van der Waals surface area contributed by atoms with E-state index in [1.807, 2.05) is 0 Å². The highest BCUT2D eigenvalue weighted by Crippen LogP contribution is 2.46. The number of halogens is 1. The minimum absolute atomic E-state index is 0. The van der Waals surface area contributed by atoms with Gasteiger partial charge in [0.25, 0.3) is 0 Å². The van der Waals surface area contributed by atoms with E-state index in [1.165, 1.54) is 33.4 Å². The molecule has 0 spiro atoms. The van der Waals surface area contributed by atoms with Gasteiger partial charge in [-0.25, -0.2) is 0 Å². The Morgan fingerprint density at radius 3 is 2.46 bits per heavy atom. The fourth-order valence-electron chi connectivity index (χ4n) is 4.27. The van der Waals surface area contributed by atoms with Crippen LogP contribution < -0.4 is 33.4 Å². The van der Waals surface area contributed by atoms with E-state index in [4.69, 9.17) is 0 Å². The fraction of sp³-hybridized carbons (Fsp3) is 0.240. The lowest BCUT2D eigenvalue weighted by Gasteiger charge is -2.23. The summed E-state index contributed by atoms with van der Waals surface area (Å²) in [6, 6.07) is 19.5. The summed E-state index contributed by atoms with van der Waals surface area (Å²) in [6.45, 7) is 7.77. The molecule has 0 amide bonds. The molecule has 3 heteroatoms. The molecule has 0 fully saturated rings. The molecule has 2 heterocycles. The van der Waals surface area contributed by atoms with Gasteiger partial charge < -0.3 is 28.9 Å². The van der Waals surface area contributed by atoms with E-state index in [0.717, 1.165) is 6.54 Å². The number of allylic oxidation sites excluding steroid dienone is 3. The second-order valence-electron chi connectivity index (χ2n) is 7.69. The highest BCUT2D eigenvalue weighted by Gasteiger charge is 2.37. The molecule has 0 N–H and O–H groups in total. The van der Waals surface area contributed by atoms with Gasteiger partial charge in [-0.1, -0.05) is 56.3 Å². The lowest BCUT2D eigenvalue weighted by molar-refractivity contribution is -0.667. The van der Waals surface area contributed by atoms with E-state index in [1.54, 1.807) is 0 Å². The number of aryl methyl sites for hydroxylation is 1. The van der Waals surface area contributed by atoms with Gasteiger partial charge >= 0.3 is 0 Å². The third-order valence-corrected chi connectivity index (χ3v) is 5.77. The third-order valence-electron chi connectivity index (χ3n) is 5.77. The summed E-state index contributed by atoms with van der Waals surface area (Å²) in [5, 5.41) is 1.29. The number of hydrogen-bond acceptors (Lipinski definition) is 1. The van der Waals surface area contributed by atoms with Crippen LogP contribution in [0, 0.1) is 0 Å². The van der Waals surface area contributed by atoms with Crippen molar-refractivity contribution in [1.82, 2.24) is 0 Å². The minimum Gasteiger partial charge on any atom is -1.00 e. The lowest BCUT2D eigenvalue weighted by Crippen LogP contribution is -3.00. The largest absolute Gasteiger partial charge is 1.00 e. The molecule has 1 aliphatic heterocycles. The number of nitrogens with zero attached hydrogens (tertiary/aromatic N) is 2. The van der Waals surface area contributed by atoms with Gasteiger partial charge in [0.05, 0.1) is 5.39 Å². The smallest absolute Gasteiger partial charge is 0.213 e. The van der Waals surface area contributed by atoms with Crippen LogP contribution in [-0.4, -0.2) is 7.05 Å². The van der Waals surface area contributed by atoms with Crippen LogP contribution in [0.15, 0.2) is 78.6 Å². The average Bonchev–Trinajstić information content (AvgIpc) is 2.89. The summed E-state index contributed by atoms with van der Waals surface area (Å²) in [7, 11) is 2.16. The number of para-hydroxylation sites is 2. The van der Waals surface area contributed by atoms with Crippen LogP contribution in [0.25, 0.3) is 17.0 Å². The van der Waals surface area contributed by atoms with Gasteiger partial charge in [-0.2, -0.15) is 4.57 Å². The van der Waals surface area contributed by atoms with Gasteiger partial charge in [0, 0.05) is 36.0 Å². The SMILES string of the molecule is CC[n+]1ccc(/C=C/C=C2/N(C)c3ccccc3C2(C)C)c2ccccc21.[I-]. The van der Waals surface area contributed by atoms with Gasteiger partial charge in [0.15, 0.2) is 6.20 Å².